The Labute approximate surface area is 105 Å². The van der Waals surface area contributed by atoms with Gasteiger partial charge in [0.15, 0.2) is 0 Å². The van der Waals surface area contributed by atoms with Gasteiger partial charge in [-0.1, -0.05) is 6.07 Å². The Balaban J connectivity index is 2.22. The molecule has 5 nitrogen and oxygen atoms in total. The fraction of sp³-hybridized carbons (Fsp3) is 0.417. The van der Waals surface area contributed by atoms with Crippen molar-refractivity contribution < 1.29 is 13.9 Å². The first-order valence-corrected chi connectivity index (χ1v) is 5.74. The van der Waals surface area contributed by atoms with Crippen LogP contribution in [0.25, 0.3) is 0 Å². The van der Waals surface area contributed by atoms with E-state index in [1.807, 2.05) is 0 Å². The highest BCUT2D eigenvalue weighted by Gasteiger charge is 2.28. The summed E-state index contributed by atoms with van der Waals surface area (Å²) >= 11 is 0. The number of methoxy groups -OCH3 is 1. The van der Waals surface area contributed by atoms with Crippen molar-refractivity contribution in [1.82, 2.24) is 4.90 Å². The largest absolute Gasteiger partial charge is 0.380 e. The lowest BCUT2D eigenvalue weighted by molar-refractivity contribution is 0.0724. The third kappa shape index (κ3) is 2.30. The van der Waals surface area contributed by atoms with Crippen LogP contribution in [0.4, 0.5) is 10.1 Å². The number of nitrogens with one attached hydrogen (secondary N) is 1. The molecular formula is C12H16FN3O2. The Bertz CT molecular complexity index is 453. The molecule has 1 atom stereocenters. The number of carbonyl (C=O) groups excluding carboxylic acids is 1. The van der Waals surface area contributed by atoms with Crippen molar-refractivity contribution in [3.8, 4) is 0 Å². The number of ether oxygens (including phenoxy) is 1. The van der Waals surface area contributed by atoms with Crippen molar-refractivity contribution in [2.75, 3.05) is 25.6 Å². The summed E-state index contributed by atoms with van der Waals surface area (Å²) in [7, 11) is 1.62. The molecule has 0 spiro atoms. The number of hydrazine groups is 1. The molecule has 0 aromatic heterocycles. The first-order valence-electron chi connectivity index (χ1n) is 5.74. The van der Waals surface area contributed by atoms with E-state index in [0.29, 0.717) is 13.1 Å². The van der Waals surface area contributed by atoms with E-state index >= 15 is 0 Å². The molecule has 1 aromatic rings. The molecule has 18 heavy (non-hydrogen) atoms. The molecule has 1 fully saturated rings. The summed E-state index contributed by atoms with van der Waals surface area (Å²) in [5, 5.41) is 0. The average molecular weight is 253 g/mol. The number of nitrogens with zero attached hydrogens (tertiary/aromatic N) is 1. The summed E-state index contributed by atoms with van der Waals surface area (Å²) in [6.45, 7) is 1.13. The van der Waals surface area contributed by atoms with Gasteiger partial charge in [0.05, 0.1) is 17.4 Å². The van der Waals surface area contributed by atoms with E-state index < -0.39 is 5.82 Å². The molecule has 1 amide bonds. The fourth-order valence-corrected chi connectivity index (χ4v) is 2.12. The van der Waals surface area contributed by atoms with Gasteiger partial charge < -0.3 is 15.1 Å². The summed E-state index contributed by atoms with van der Waals surface area (Å²) in [4.78, 5) is 13.9. The van der Waals surface area contributed by atoms with Crippen LogP contribution in [0.2, 0.25) is 0 Å². The monoisotopic (exact) mass is 253 g/mol. The molecule has 98 valence electrons. The summed E-state index contributed by atoms with van der Waals surface area (Å²) in [5.41, 5.74) is 2.52. The summed E-state index contributed by atoms with van der Waals surface area (Å²) in [5.74, 6) is 4.49. The second-order valence-corrected chi connectivity index (χ2v) is 4.20. The molecule has 1 aliphatic rings. The number of nitrogens with two attached hydrogens (primary N) is 1. The average Bonchev–Trinajstić information content (AvgIpc) is 2.86. The van der Waals surface area contributed by atoms with Crippen molar-refractivity contribution in [1.29, 1.82) is 0 Å². The van der Waals surface area contributed by atoms with Crippen LogP contribution >= 0.6 is 0 Å². The van der Waals surface area contributed by atoms with Crippen LogP contribution in [0.15, 0.2) is 18.2 Å². The molecule has 6 heteroatoms. The minimum Gasteiger partial charge on any atom is -0.380 e. The predicted molar refractivity (Wildman–Crippen MR) is 65.5 cm³/mol. The van der Waals surface area contributed by atoms with Crippen LogP contribution in [0.5, 0.6) is 0 Å². The number of hydrogen-bond acceptors (Lipinski definition) is 4. The van der Waals surface area contributed by atoms with Gasteiger partial charge in [0.2, 0.25) is 0 Å². The van der Waals surface area contributed by atoms with Gasteiger partial charge in [0.1, 0.15) is 5.82 Å². The zero-order valence-corrected chi connectivity index (χ0v) is 10.1. The number of hydrogen-bond donors (Lipinski definition) is 2. The second kappa shape index (κ2) is 5.32. The number of halogens is 1. The maximum absolute atomic E-state index is 13.5. The maximum Gasteiger partial charge on any atom is 0.256 e. The van der Waals surface area contributed by atoms with Crippen molar-refractivity contribution in [2.45, 2.75) is 12.5 Å². The van der Waals surface area contributed by atoms with E-state index in [1.54, 1.807) is 18.1 Å². The van der Waals surface area contributed by atoms with Gasteiger partial charge in [-0.2, -0.15) is 0 Å². The van der Waals surface area contributed by atoms with Gasteiger partial charge >= 0.3 is 0 Å². The molecule has 0 bridgehead atoms. The lowest BCUT2D eigenvalue weighted by Gasteiger charge is -2.18. The van der Waals surface area contributed by atoms with Crippen LogP contribution < -0.4 is 11.3 Å². The number of carbonyl (C=O) groups is 1. The summed E-state index contributed by atoms with van der Waals surface area (Å²) in [6.07, 6.45) is 0.847. The van der Waals surface area contributed by atoms with Crippen molar-refractivity contribution >= 4 is 11.6 Å². The third-order valence-corrected chi connectivity index (χ3v) is 3.15. The van der Waals surface area contributed by atoms with E-state index in [1.165, 1.54) is 12.1 Å². The molecule has 1 aromatic carbocycles. The van der Waals surface area contributed by atoms with Crippen LogP contribution in [-0.4, -0.2) is 37.1 Å². The van der Waals surface area contributed by atoms with Gasteiger partial charge in [0, 0.05) is 20.2 Å². The lowest BCUT2D eigenvalue weighted by Crippen LogP contribution is -2.31. The number of para-hydroxylation sites is 1. The van der Waals surface area contributed by atoms with Crippen LogP contribution in [0.3, 0.4) is 0 Å². The first-order chi connectivity index (χ1) is 8.67. The Hall–Kier alpha value is -1.66. The number of benzene rings is 1. The minimum atomic E-state index is -0.536. The summed E-state index contributed by atoms with van der Waals surface area (Å²) < 4.78 is 18.7. The van der Waals surface area contributed by atoms with Crippen LogP contribution in [-0.2, 0) is 4.74 Å². The molecule has 2 rings (SSSR count). The zero-order chi connectivity index (χ0) is 13.1. The zero-order valence-electron chi connectivity index (χ0n) is 10.1. The molecule has 0 radical (unpaired) electrons. The molecule has 1 unspecified atom stereocenters. The lowest BCUT2D eigenvalue weighted by atomic mass is 10.1. The quantitative estimate of drug-likeness (QED) is 0.622. The SMILES string of the molecule is COC1CCN(C(=O)c2cccc(F)c2NN)C1. The van der Waals surface area contributed by atoms with Gasteiger partial charge in [-0.3, -0.25) is 10.6 Å². The normalized spacial score (nSPS) is 19.1. The van der Waals surface area contributed by atoms with Gasteiger partial charge in [-0.25, -0.2) is 4.39 Å². The predicted octanol–water partition coefficient (Wildman–Crippen LogP) is 0.972. The van der Waals surface area contributed by atoms with Crippen molar-refractivity contribution in [3.05, 3.63) is 29.6 Å². The maximum atomic E-state index is 13.5. The number of anilines is 1. The smallest absolute Gasteiger partial charge is 0.256 e. The second-order valence-electron chi connectivity index (χ2n) is 4.20. The van der Waals surface area contributed by atoms with Crippen LogP contribution in [0.1, 0.15) is 16.8 Å². The van der Waals surface area contributed by atoms with Crippen molar-refractivity contribution in [2.24, 2.45) is 5.84 Å². The number of amides is 1. The highest BCUT2D eigenvalue weighted by atomic mass is 19.1. The highest BCUT2D eigenvalue weighted by Crippen LogP contribution is 2.22. The van der Waals surface area contributed by atoms with Crippen LogP contribution in [0, 0.1) is 5.82 Å². The Morgan fingerprint density at radius 3 is 3.00 bits per heavy atom. The van der Waals surface area contributed by atoms with Gasteiger partial charge in [-0.15, -0.1) is 0 Å². The number of nitrogen functional groups attached to an aromatic ring is 1. The standard InChI is InChI=1S/C12H16FN3O2/c1-18-8-5-6-16(7-8)12(17)9-3-2-4-10(13)11(9)15-14/h2-4,8,15H,5-7,14H2,1H3. The third-order valence-electron chi connectivity index (χ3n) is 3.15. The van der Waals surface area contributed by atoms with Crippen molar-refractivity contribution in [3.63, 3.8) is 0 Å². The molecule has 0 aliphatic carbocycles. The van der Waals surface area contributed by atoms with E-state index in [0.717, 1.165) is 6.42 Å². The Morgan fingerprint density at radius 1 is 1.61 bits per heavy atom. The molecule has 1 aliphatic heterocycles. The van der Waals surface area contributed by atoms with E-state index in [-0.39, 0.29) is 23.3 Å². The summed E-state index contributed by atoms with van der Waals surface area (Å²) in [6, 6.07) is 4.31. The topological polar surface area (TPSA) is 67.6 Å². The highest BCUT2D eigenvalue weighted by molar-refractivity contribution is 5.99. The van der Waals surface area contributed by atoms with E-state index in [9.17, 15) is 9.18 Å². The number of rotatable bonds is 3. The van der Waals surface area contributed by atoms with E-state index in [4.69, 9.17) is 10.6 Å². The fourth-order valence-electron chi connectivity index (χ4n) is 2.12. The van der Waals surface area contributed by atoms with Gasteiger partial charge in [0.25, 0.3) is 5.91 Å². The molecule has 0 saturated carbocycles. The molecule has 1 heterocycles. The first kappa shape index (κ1) is 12.8. The van der Waals surface area contributed by atoms with Gasteiger partial charge in [-0.05, 0) is 18.6 Å². The van der Waals surface area contributed by atoms with E-state index in [2.05, 4.69) is 5.43 Å². The molecule has 1 saturated heterocycles. The Morgan fingerprint density at radius 2 is 2.39 bits per heavy atom. The number of likely N-dealkylation sites (tertiary alicyclic amines) is 1. The minimum absolute atomic E-state index is 0.0309. The molecule has 3 N–H and O–H groups in total. The molecular weight excluding hydrogens is 237 g/mol. The Kier molecular flexibility index (Phi) is 3.78.